The van der Waals surface area contributed by atoms with Crippen LogP contribution in [0.4, 0.5) is 0 Å². The number of aryl methyl sites for hydroxylation is 1. The van der Waals surface area contributed by atoms with Gasteiger partial charge in [0, 0.05) is 13.0 Å². The molecule has 0 amide bonds. The first-order valence-electron chi connectivity index (χ1n) is 8.81. The Hall–Kier alpha value is -1.19. The van der Waals surface area contributed by atoms with E-state index in [9.17, 15) is 4.21 Å². The van der Waals surface area contributed by atoms with Gasteiger partial charge in [0.25, 0.3) is 0 Å². The second kappa shape index (κ2) is 17.6. The second-order valence-corrected chi connectivity index (χ2v) is 13.1. The van der Waals surface area contributed by atoms with Gasteiger partial charge in [-0.2, -0.15) is 30.3 Å². The Balaban J connectivity index is -0.000000247. The summed E-state index contributed by atoms with van der Waals surface area (Å²) >= 11 is 0. The number of hydrogen-bond donors (Lipinski definition) is 0. The summed E-state index contributed by atoms with van der Waals surface area (Å²) in [7, 11) is -2.47. The topological polar surface area (TPSA) is 17.1 Å². The van der Waals surface area contributed by atoms with E-state index in [1.54, 1.807) is 0 Å². The molecular formula is C25H40FeOSSi. The van der Waals surface area contributed by atoms with Crippen LogP contribution in [-0.4, -0.2) is 12.3 Å². The summed E-state index contributed by atoms with van der Waals surface area (Å²) < 4.78 is 12.6. The van der Waals surface area contributed by atoms with Gasteiger partial charge < -0.3 is 14.9 Å². The van der Waals surface area contributed by atoms with Crippen molar-refractivity contribution in [2.75, 3.05) is 0 Å². The van der Waals surface area contributed by atoms with Crippen LogP contribution in [0.3, 0.4) is 0 Å². The Morgan fingerprint density at radius 1 is 0.897 bits per heavy atom. The Morgan fingerprint density at radius 3 is 1.76 bits per heavy atom. The Morgan fingerprint density at radius 2 is 1.38 bits per heavy atom. The molecule has 0 heterocycles. The van der Waals surface area contributed by atoms with Crippen molar-refractivity contribution in [3.05, 3.63) is 93.2 Å². The molecule has 1 nitrogen and oxygen atoms in total. The van der Waals surface area contributed by atoms with E-state index in [0.29, 0.717) is 0 Å². The summed E-state index contributed by atoms with van der Waals surface area (Å²) in [5, 5.41) is 1.31. The third-order valence-corrected chi connectivity index (χ3v) is 7.26. The maximum absolute atomic E-state index is 12.6. The molecule has 3 rings (SSSR count). The minimum Gasteiger partial charge on any atom is -0.358 e. The van der Waals surface area contributed by atoms with Crippen LogP contribution in [-0.2, 0) is 27.9 Å². The zero-order valence-corrected chi connectivity index (χ0v) is 21.5. The molecule has 0 saturated heterocycles. The van der Waals surface area contributed by atoms with Gasteiger partial charge in [-0.05, 0) is 19.1 Å². The molecular weight excluding hydrogens is 432 g/mol. The average molecular weight is 473 g/mol. The standard InChI is InChI=1S/C15H19OSSi.C5H5.C2H6.CH4.2CH3.Fe/c1-12-8-10-13(11-9-12)17(16)14-6-5-7-15(14)18(2,3)4;1-2-4-5-3-1;1-2;;;;/h5-11H,1-4H3;1-5H;1-2H3;1H4;2*1H3;/q2*-1;;;2*-1;+4/t17-;;;;;;/m0....../s1. The van der Waals surface area contributed by atoms with Crippen molar-refractivity contribution in [1.82, 2.24) is 0 Å². The summed E-state index contributed by atoms with van der Waals surface area (Å²) in [5.41, 5.74) is 1.20. The molecule has 0 aliphatic heterocycles. The molecule has 0 N–H and O–H groups in total. The van der Waals surface area contributed by atoms with E-state index in [4.69, 9.17) is 0 Å². The molecule has 0 saturated carbocycles. The van der Waals surface area contributed by atoms with Crippen molar-refractivity contribution in [2.45, 2.75) is 57.6 Å². The van der Waals surface area contributed by atoms with Crippen LogP contribution < -0.4 is 5.19 Å². The molecule has 0 spiro atoms. The summed E-state index contributed by atoms with van der Waals surface area (Å²) in [5.74, 6) is 0. The summed E-state index contributed by atoms with van der Waals surface area (Å²) in [6, 6.07) is 24.1. The predicted octanol–water partition coefficient (Wildman–Crippen LogP) is 7.39. The Labute approximate surface area is 195 Å². The third-order valence-electron chi connectivity index (χ3n) is 3.57. The van der Waals surface area contributed by atoms with Crippen LogP contribution in [0.1, 0.15) is 26.8 Å². The number of hydrogen-bond acceptors (Lipinski definition) is 1. The van der Waals surface area contributed by atoms with E-state index >= 15 is 0 Å². The smallest absolute Gasteiger partial charge is 0.358 e. The van der Waals surface area contributed by atoms with Gasteiger partial charge in [0.2, 0.25) is 0 Å². The fourth-order valence-corrected chi connectivity index (χ4v) is 6.02. The summed E-state index contributed by atoms with van der Waals surface area (Å²) in [6.45, 7) is 12.9. The maximum Gasteiger partial charge on any atom is 4.00 e. The van der Waals surface area contributed by atoms with E-state index in [2.05, 4.69) is 25.7 Å². The van der Waals surface area contributed by atoms with E-state index < -0.39 is 18.9 Å². The van der Waals surface area contributed by atoms with E-state index in [-0.39, 0.29) is 39.3 Å². The molecule has 0 unspecified atom stereocenters. The Bertz CT molecular complexity index is 721. The molecule has 0 bridgehead atoms. The van der Waals surface area contributed by atoms with Crippen molar-refractivity contribution in [2.24, 2.45) is 0 Å². The van der Waals surface area contributed by atoms with Gasteiger partial charge in [0.05, 0.1) is 10.8 Å². The summed E-state index contributed by atoms with van der Waals surface area (Å²) in [4.78, 5) is 1.89. The molecule has 0 aromatic heterocycles. The normalized spacial score (nSPS) is 10.0. The minimum absolute atomic E-state index is 0. The van der Waals surface area contributed by atoms with Gasteiger partial charge in [-0.1, -0.05) is 63.5 Å². The van der Waals surface area contributed by atoms with Gasteiger partial charge in [-0.25, -0.2) is 18.2 Å². The van der Waals surface area contributed by atoms with Crippen molar-refractivity contribution < 1.29 is 21.3 Å². The van der Waals surface area contributed by atoms with Crippen LogP contribution in [0.15, 0.2) is 82.6 Å². The molecule has 0 aliphatic rings. The fourth-order valence-electron chi connectivity index (χ4n) is 2.29. The first-order valence-corrected chi connectivity index (χ1v) is 13.5. The second-order valence-electron chi connectivity index (χ2n) is 6.60. The average Bonchev–Trinajstić information content (AvgIpc) is 3.30. The van der Waals surface area contributed by atoms with E-state index in [1.165, 1.54) is 10.8 Å². The quantitative estimate of drug-likeness (QED) is 0.287. The third kappa shape index (κ3) is 11.5. The van der Waals surface area contributed by atoms with Crippen molar-refractivity contribution >= 4 is 24.1 Å². The summed E-state index contributed by atoms with van der Waals surface area (Å²) in [6.07, 6.45) is 0. The van der Waals surface area contributed by atoms with Gasteiger partial charge >= 0.3 is 17.1 Å². The fraction of sp³-hybridized carbons (Fsp3) is 0.280. The van der Waals surface area contributed by atoms with E-state index in [0.717, 1.165) is 9.79 Å². The largest absolute Gasteiger partial charge is 4.00 e. The molecule has 0 aliphatic carbocycles. The van der Waals surface area contributed by atoms with Crippen molar-refractivity contribution in [3.8, 4) is 0 Å². The number of rotatable bonds is 3. The monoisotopic (exact) mass is 472 g/mol. The van der Waals surface area contributed by atoms with E-state index in [1.807, 2.05) is 87.5 Å². The molecule has 29 heavy (non-hydrogen) atoms. The molecule has 4 heteroatoms. The van der Waals surface area contributed by atoms with Gasteiger partial charge in [0.15, 0.2) is 0 Å². The first kappa shape index (κ1) is 35.3. The molecule has 0 radical (unpaired) electrons. The zero-order valence-electron chi connectivity index (χ0n) is 18.6. The first-order chi connectivity index (χ1) is 11.9. The molecule has 0 fully saturated rings. The van der Waals surface area contributed by atoms with Crippen molar-refractivity contribution in [3.63, 3.8) is 0 Å². The van der Waals surface area contributed by atoms with Crippen LogP contribution in [0.2, 0.25) is 19.6 Å². The maximum atomic E-state index is 12.6. The van der Waals surface area contributed by atoms with Crippen LogP contribution >= 0.6 is 0 Å². The molecule has 3 aromatic rings. The molecule has 3 aromatic carbocycles. The Kier molecular flexibility index (Phi) is 21.5. The van der Waals surface area contributed by atoms with Crippen LogP contribution in [0.25, 0.3) is 0 Å². The van der Waals surface area contributed by atoms with Gasteiger partial charge in [-0.3, -0.25) is 4.21 Å². The zero-order chi connectivity index (χ0) is 18.9. The SMILES string of the molecule is C.CC.Cc1ccc([S@](=O)c2ccc[c-]2[Si](C)(C)C)cc1.[CH3-].[CH3-].[Fe+4].c1cc[cH-]c1. The minimum atomic E-state index is -1.43. The molecule has 164 valence electrons. The number of benzene rings is 1. The predicted molar refractivity (Wildman–Crippen MR) is 134 cm³/mol. The van der Waals surface area contributed by atoms with Crippen LogP contribution in [0.5, 0.6) is 0 Å². The van der Waals surface area contributed by atoms with Gasteiger partial charge in [0.1, 0.15) is 0 Å². The van der Waals surface area contributed by atoms with Crippen molar-refractivity contribution in [1.29, 1.82) is 0 Å². The van der Waals surface area contributed by atoms with Gasteiger partial charge in [-0.15, -0.1) is 5.19 Å². The van der Waals surface area contributed by atoms with Crippen LogP contribution in [0, 0.1) is 21.8 Å². The molecule has 1 atom stereocenters.